The van der Waals surface area contributed by atoms with E-state index in [1.165, 1.54) is 84.1 Å². The Labute approximate surface area is 179 Å². The van der Waals surface area contributed by atoms with Gasteiger partial charge in [-0.2, -0.15) is 0 Å². The number of guanidine groups is 1. The second kappa shape index (κ2) is 14.0. The van der Waals surface area contributed by atoms with Gasteiger partial charge in [0.05, 0.1) is 0 Å². The number of likely N-dealkylation sites (N-methyl/N-ethyl adjacent to an activating group) is 2. The van der Waals surface area contributed by atoms with Gasteiger partial charge in [-0.25, -0.2) is 0 Å². The van der Waals surface area contributed by atoms with Crippen molar-refractivity contribution in [2.24, 2.45) is 4.99 Å². The number of nitrogens with one attached hydrogen (secondary N) is 1. The van der Waals surface area contributed by atoms with Gasteiger partial charge in [0.15, 0.2) is 5.96 Å². The zero-order valence-corrected chi connectivity index (χ0v) is 19.7. The fraction of sp³-hybridized carbons (Fsp3) is 0.950. The molecule has 0 radical (unpaired) electrons. The molecule has 2 rings (SSSR count). The van der Waals surface area contributed by atoms with Crippen LogP contribution >= 0.6 is 24.0 Å². The molecule has 0 spiro atoms. The predicted octanol–water partition coefficient (Wildman–Crippen LogP) is 3.25. The molecule has 2 fully saturated rings. The molecule has 0 bridgehead atoms. The van der Waals surface area contributed by atoms with Crippen molar-refractivity contribution in [3.63, 3.8) is 0 Å². The largest absolute Gasteiger partial charge is 0.356 e. The van der Waals surface area contributed by atoms with Crippen LogP contribution in [0.2, 0.25) is 0 Å². The number of nitrogens with zero attached hydrogens (tertiary/aromatic N) is 4. The lowest BCUT2D eigenvalue weighted by molar-refractivity contribution is 0.224. The number of hydrogen-bond acceptors (Lipinski definition) is 3. The van der Waals surface area contributed by atoms with Crippen molar-refractivity contribution in [1.82, 2.24) is 20.0 Å². The van der Waals surface area contributed by atoms with E-state index in [4.69, 9.17) is 0 Å². The first-order valence-electron chi connectivity index (χ1n) is 10.6. The van der Waals surface area contributed by atoms with Crippen LogP contribution in [0.1, 0.15) is 58.3 Å². The second-order valence-corrected chi connectivity index (χ2v) is 7.74. The standard InChI is InChI=1S/C20H41N5.HI/c1-4-25-17-11-12-19(25)18-23(3)20(21-2)22-13-7-5-8-14-24-15-9-6-10-16-24;/h19H,4-18H2,1-3H3,(H,21,22);1H. The number of likely N-dealkylation sites (tertiary alicyclic amines) is 2. The van der Waals surface area contributed by atoms with E-state index in [0.29, 0.717) is 6.04 Å². The molecule has 154 valence electrons. The van der Waals surface area contributed by atoms with Crippen LogP contribution in [-0.4, -0.2) is 86.6 Å². The molecular weight excluding hydrogens is 437 g/mol. The predicted molar refractivity (Wildman–Crippen MR) is 124 cm³/mol. The summed E-state index contributed by atoms with van der Waals surface area (Å²) in [6, 6.07) is 0.693. The van der Waals surface area contributed by atoms with Gasteiger partial charge in [0.2, 0.25) is 0 Å². The lowest BCUT2D eigenvalue weighted by Gasteiger charge is -2.29. The fourth-order valence-electron chi connectivity index (χ4n) is 4.33. The van der Waals surface area contributed by atoms with Gasteiger partial charge in [0, 0.05) is 33.2 Å². The summed E-state index contributed by atoms with van der Waals surface area (Å²) in [5.41, 5.74) is 0. The summed E-state index contributed by atoms with van der Waals surface area (Å²) >= 11 is 0. The number of piperidine rings is 1. The van der Waals surface area contributed by atoms with Crippen LogP contribution in [0.4, 0.5) is 0 Å². The minimum absolute atomic E-state index is 0. The Morgan fingerprint density at radius 2 is 1.85 bits per heavy atom. The Bertz CT molecular complexity index is 384. The molecule has 5 nitrogen and oxygen atoms in total. The molecule has 0 aliphatic carbocycles. The first kappa shape index (κ1) is 24.0. The van der Waals surface area contributed by atoms with Gasteiger partial charge in [-0.3, -0.25) is 9.89 Å². The van der Waals surface area contributed by atoms with Gasteiger partial charge in [-0.05, 0) is 71.2 Å². The third-order valence-electron chi connectivity index (χ3n) is 5.85. The van der Waals surface area contributed by atoms with E-state index in [-0.39, 0.29) is 24.0 Å². The van der Waals surface area contributed by atoms with Gasteiger partial charge in [-0.1, -0.05) is 19.8 Å². The number of unbranched alkanes of at least 4 members (excludes halogenated alkanes) is 2. The number of aliphatic imine (C=N–C) groups is 1. The Morgan fingerprint density at radius 3 is 2.54 bits per heavy atom. The number of halogens is 1. The molecule has 2 heterocycles. The molecule has 0 aromatic heterocycles. The van der Waals surface area contributed by atoms with E-state index in [0.717, 1.165) is 19.0 Å². The van der Waals surface area contributed by atoms with Crippen LogP contribution in [-0.2, 0) is 0 Å². The minimum Gasteiger partial charge on any atom is -0.356 e. The molecule has 2 aliphatic rings. The van der Waals surface area contributed by atoms with E-state index < -0.39 is 0 Å². The monoisotopic (exact) mass is 479 g/mol. The molecule has 0 amide bonds. The van der Waals surface area contributed by atoms with E-state index >= 15 is 0 Å². The lowest BCUT2D eigenvalue weighted by atomic mass is 10.1. The smallest absolute Gasteiger partial charge is 0.193 e. The molecule has 1 N–H and O–H groups in total. The van der Waals surface area contributed by atoms with Gasteiger partial charge in [-0.15, -0.1) is 24.0 Å². The van der Waals surface area contributed by atoms with Crippen molar-refractivity contribution in [2.75, 3.05) is 59.9 Å². The van der Waals surface area contributed by atoms with Crippen LogP contribution in [0.5, 0.6) is 0 Å². The summed E-state index contributed by atoms with van der Waals surface area (Å²) in [7, 11) is 4.08. The van der Waals surface area contributed by atoms with Crippen molar-refractivity contribution >= 4 is 29.9 Å². The van der Waals surface area contributed by atoms with E-state index in [1.807, 2.05) is 7.05 Å². The molecule has 0 aromatic rings. The van der Waals surface area contributed by atoms with Crippen molar-refractivity contribution in [1.29, 1.82) is 0 Å². The van der Waals surface area contributed by atoms with Gasteiger partial charge in [0.25, 0.3) is 0 Å². The second-order valence-electron chi connectivity index (χ2n) is 7.74. The summed E-state index contributed by atoms with van der Waals surface area (Å²) in [6.45, 7) is 10.8. The van der Waals surface area contributed by atoms with Crippen molar-refractivity contribution in [3.8, 4) is 0 Å². The average Bonchev–Trinajstić information content (AvgIpc) is 3.09. The molecule has 1 atom stereocenters. The molecule has 0 aromatic carbocycles. The van der Waals surface area contributed by atoms with E-state index in [2.05, 4.69) is 39.0 Å². The SMILES string of the molecule is CCN1CCCC1CN(C)C(=NC)NCCCCCN1CCCCC1.I. The molecule has 6 heteroatoms. The summed E-state index contributed by atoms with van der Waals surface area (Å²) in [5, 5.41) is 3.56. The molecule has 1 unspecified atom stereocenters. The van der Waals surface area contributed by atoms with Crippen LogP contribution in [0.25, 0.3) is 0 Å². The van der Waals surface area contributed by atoms with Gasteiger partial charge in [0.1, 0.15) is 0 Å². The van der Waals surface area contributed by atoms with Crippen LogP contribution < -0.4 is 5.32 Å². The Kier molecular flexibility index (Phi) is 12.9. The van der Waals surface area contributed by atoms with Crippen molar-refractivity contribution < 1.29 is 0 Å². The van der Waals surface area contributed by atoms with Crippen molar-refractivity contribution in [2.45, 2.75) is 64.3 Å². The fourth-order valence-corrected chi connectivity index (χ4v) is 4.33. The number of rotatable bonds is 9. The Morgan fingerprint density at radius 1 is 1.08 bits per heavy atom. The maximum Gasteiger partial charge on any atom is 0.193 e. The van der Waals surface area contributed by atoms with Gasteiger partial charge >= 0.3 is 0 Å². The minimum atomic E-state index is 0. The topological polar surface area (TPSA) is 34.1 Å². The first-order chi connectivity index (χ1) is 12.2. The lowest BCUT2D eigenvalue weighted by Crippen LogP contribution is -2.46. The summed E-state index contributed by atoms with van der Waals surface area (Å²) in [6.07, 6.45) is 10.8. The molecular formula is C20H42IN5. The zero-order chi connectivity index (χ0) is 17.9. The maximum atomic E-state index is 4.48. The van der Waals surface area contributed by atoms with Crippen molar-refractivity contribution in [3.05, 3.63) is 0 Å². The summed E-state index contributed by atoms with van der Waals surface area (Å²) < 4.78 is 0. The Balaban J connectivity index is 0.00000338. The van der Waals surface area contributed by atoms with Crippen LogP contribution in [0, 0.1) is 0 Å². The molecule has 2 saturated heterocycles. The maximum absolute atomic E-state index is 4.48. The highest BCUT2D eigenvalue weighted by Gasteiger charge is 2.24. The van der Waals surface area contributed by atoms with Crippen LogP contribution in [0.15, 0.2) is 4.99 Å². The van der Waals surface area contributed by atoms with E-state index in [9.17, 15) is 0 Å². The molecule has 0 saturated carbocycles. The molecule has 2 aliphatic heterocycles. The number of hydrogen-bond donors (Lipinski definition) is 1. The first-order valence-corrected chi connectivity index (χ1v) is 10.6. The third kappa shape index (κ3) is 8.30. The third-order valence-corrected chi connectivity index (χ3v) is 5.85. The van der Waals surface area contributed by atoms with Crippen LogP contribution in [0.3, 0.4) is 0 Å². The highest BCUT2D eigenvalue weighted by atomic mass is 127. The summed E-state index contributed by atoms with van der Waals surface area (Å²) in [5.74, 6) is 1.05. The highest BCUT2D eigenvalue weighted by Crippen LogP contribution is 2.17. The van der Waals surface area contributed by atoms with E-state index in [1.54, 1.807) is 0 Å². The zero-order valence-electron chi connectivity index (χ0n) is 17.4. The Hall–Kier alpha value is -0.0800. The normalized spacial score (nSPS) is 22.3. The molecule has 26 heavy (non-hydrogen) atoms. The van der Waals surface area contributed by atoms with Gasteiger partial charge < -0.3 is 15.1 Å². The summed E-state index contributed by atoms with van der Waals surface area (Å²) in [4.78, 5) is 12.0. The quantitative estimate of drug-likeness (QED) is 0.238. The average molecular weight is 479 g/mol. The highest BCUT2D eigenvalue weighted by molar-refractivity contribution is 14.0.